The van der Waals surface area contributed by atoms with Crippen molar-refractivity contribution in [3.63, 3.8) is 0 Å². The van der Waals surface area contributed by atoms with Gasteiger partial charge in [0.05, 0.1) is 11.3 Å². The molecular formula is C22H21N5OS2. The molecule has 2 aromatic heterocycles. The molecule has 1 atom stereocenters. The van der Waals surface area contributed by atoms with Gasteiger partial charge >= 0.3 is 0 Å². The highest BCUT2D eigenvalue weighted by atomic mass is 32.2. The number of fused-ring (bicyclic) bond motifs is 1. The third kappa shape index (κ3) is 4.77. The zero-order valence-corrected chi connectivity index (χ0v) is 18.0. The van der Waals surface area contributed by atoms with Crippen molar-refractivity contribution in [1.29, 1.82) is 0 Å². The third-order valence-electron chi connectivity index (χ3n) is 4.40. The summed E-state index contributed by atoms with van der Waals surface area (Å²) < 4.78 is 0. The Morgan fingerprint density at radius 1 is 1.10 bits per heavy atom. The van der Waals surface area contributed by atoms with Crippen molar-refractivity contribution in [3.8, 4) is 0 Å². The van der Waals surface area contributed by atoms with E-state index in [9.17, 15) is 4.79 Å². The fraction of sp³-hybridized carbons (Fsp3) is 0.182. The predicted octanol–water partition coefficient (Wildman–Crippen LogP) is 4.52. The fourth-order valence-electron chi connectivity index (χ4n) is 3.06. The van der Waals surface area contributed by atoms with E-state index in [1.165, 1.54) is 23.1 Å². The van der Waals surface area contributed by atoms with Gasteiger partial charge in [-0.25, -0.2) is 15.0 Å². The first kappa shape index (κ1) is 20.3. The van der Waals surface area contributed by atoms with Gasteiger partial charge in [-0.2, -0.15) is 0 Å². The molecule has 2 aromatic carbocycles. The molecule has 0 radical (unpaired) electrons. The normalized spacial score (nSPS) is 11.9. The van der Waals surface area contributed by atoms with E-state index in [2.05, 4.69) is 25.6 Å². The Hall–Kier alpha value is -2.97. The van der Waals surface area contributed by atoms with E-state index >= 15 is 0 Å². The molecule has 30 heavy (non-hydrogen) atoms. The molecule has 8 heteroatoms. The van der Waals surface area contributed by atoms with Crippen LogP contribution in [0.1, 0.15) is 23.5 Å². The Morgan fingerprint density at radius 3 is 2.67 bits per heavy atom. The molecule has 0 aliphatic carbocycles. The van der Waals surface area contributed by atoms with Crippen LogP contribution >= 0.6 is 23.1 Å². The van der Waals surface area contributed by atoms with Crippen molar-refractivity contribution < 1.29 is 4.79 Å². The Labute approximate surface area is 183 Å². The van der Waals surface area contributed by atoms with Crippen LogP contribution in [0.5, 0.6) is 0 Å². The lowest BCUT2D eigenvalue weighted by atomic mass is 10.1. The van der Waals surface area contributed by atoms with E-state index in [0.717, 1.165) is 33.8 Å². The van der Waals surface area contributed by atoms with Crippen LogP contribution in [-0.2, 0) is 4.79 Å². The fourth-order valence-corrected chi connectivity index (χ4v) is 4.44. The standard InChI is InChI=1S/C22H21N5OS2/c1-2-23-20-16-10-6-7-11-17(16)25-22(27-20)30-14-18(28)26-19(21-24-12-13-29-21)15-8-4-3-5-9-15/h3-13,19H,2,14H2,1H3,(H,26,28)(H,23,25,27). The molecule has 6 nitrogen and oxygen atoms in total. The van der Waals surface area contributed by atoms with E-state index in [0.29, 0.717) is 5.16 Å². The number of anilines is 1. The van der Waals surface area contributed by atoms with Gasteiger partial charge in [0.1, 0.15) is 16.9 Å². The minimum absolute atomic E-state index is 0.0918. The second-order valence-corrected chi connectivity index (χ2v) is 8.34. The molecule has 0 saturated carbocycles. The maximum absolute atomic E-state index is 12.7. The summed E-state index contributed by atoms with van der Waals surface area (Å²) in [6.45, 7) is 2.79. The largest absolute Gasteiger partial charge is 0.370 e. The monoisotopic (exact) mass is 435 g/mol. The average Bonchev–Trinajstić information content (AvgIpc) is 3.31. The average molecular weight is 436 g/mol. The van der Waals surface area contributed by atoms with Crippen LogP contribution in [0.15, 0.2) is 71.3 Å². The molecule has 0 fully saturated rings. The number of thioether (sulfide) groups is 1. The molecule has 0 aliphatic rings. The first-order chi connectivity index (χ1) is 14.7. The molecule has 2 N–H and O–H groups in total. The number of rotatable bonds is 8. The number of hydrogen-bond acceptors (Lipinski definition) is 7. The third-order valence-corrected chi connectivity index (χ3v) is 6.08. The van der Waals surface area contributed by atoms with Gasteiger partial charge in [0.15, 0.2) is 5.16 Å². The number of nitrogens with one attached hydrogen (secondary N) is 2. The maximum Gasteiger partial charge on any atom is 0.231 e. The molecule has 1 unspecified atom stereocenters. The second-order valence-electron chi connectivity index (χ2n) is 6.47. The molecule has 152 valence electrons. The first-order valence-corrected chi connectivity index (χ1v) is 11.5. The highest BCUT2D eigenvalue weighted by Gasteiger charge is 2.19. The Bertz CT molecular complexity index is 1120. The summed E-state index contributed by atoms with van der Waals surface area (Å²) in [7, 11) is 0. The van der Waals surface area contributed by atoms with Crippen LogP contribution in [-0.4, -0.2) is 33.2 Å². The van der Waals surface area contributed by atoms with E-state index in [-0.39, 0.29) is 17.7 Å². The molecule has 2 heterocycles. The smallest absolute Gasteiger partial charge is 0.231 e. The van der Waals surface area contributed by atoms with Crippen molar-refractivity contribution in [1.82, 2.24) is 20.3 Å². The lowest BCUT2D eigenvalue weighted by Crippen LogP contribution is -2.30. The quantitative estimate of drug-likeness (QED) is 0.313. The van der Waals surface area contributed by atoms with Crippen LogP contribution < -0.4 is 10.6 Å². The molecule has 4 rings (SSSR count). The van der Waals surface area contributed by atoms with Crippen molar-refractivity contribution in [3.05, 3.63) is 76.7 Å². The van der Waals surface area contributed by atoms with Gasteiger partial charge in [-0.1, -0.05) is 54.2 Å². The zero-order chi connectivity index (χ0) is 20.8. The molecular weight excluding hydrogens is 414 g/mol. The maximum atomic E-state index is 12.7. The van der Waals surface area contributed by atoms with E-state index < -0.39 is 0 Å². The van der Waals surface area contributed by atoms with Gasteiger partial charge in [0, 0.05) is 23.5 Å². The van der Waals surface area contributed by atoms with Crippen LogP contribution in [0.3, 0.4) is 0 Å². The van der Waals surface area contributed by atoms with Crippen molar-refractivity contribution in [2.75, 3.05) is 17.6 Å². The molecule has 0 bridgehead atoms. The van der Waals surface area contributed by atoms with E-state index in [1.807, 2.05) is 66.9 Å². The lowest BCUT2D eigenvalue weighted by Gasteiger charge is -2.17. The Morgan fingerprint density at radius 2 is 1.90 bits per heavy atom. The van der Waals surface area contributed by atoms with E-state index in [1.54, 1.807) is 6.20 Å². The van der Waals surface area contributed by atoms with Crippen LogP contribution in [0.2, 0.25) is 0 Å². The number of amides is 1. The summed E-state index contributed by atoms with van der Waals surface area (Å²) in [5.41, 5.74) is 1.86. The predicted molar refractivity (Wildman–Crippen MR) is 123 cm³/mol. The summed E-state index contributed by atoms with van der Waals surface area (Å²) in [4.78, 5) is 26.3. The first-order valence-electron chi connectivity index (χ1n) is 9.61. The number of carbonyl (C=O) groups excluding carboxylic acids is 1. The van der Waals surface area contributed by atoms with Crippen molar-refractivity contribution >= 4 is 45.7 Å². The molecule has 0 saturated heterocycles. The number of aromatic nitrogens is 3. The van der Waals surface area contributed by atoms with Gasteiger partial charge in [0.2, 0.25) is 5.91 Å². The highest BCUT2D eigenvalue weighted by molar-refractivity contribution is 7.99. The zero-order valence-electron chi connectivity index (χ0n) is 16.4. The number of benzene rings is 2. The van der Waals surface area contributed by atoms with Gasteiger partial charge < -0.3 is 10.6 Å². The number of nitrogens with zero attached hydrogens (tertiary/aromatic N) is 3. The summed E-state index contributed by atoms with van der Waals surface area (Å²) in [5.74, 6) is 0.917. The van der Waals surface area contributed by atoms with Crippen LogP contribution in [0, 0.1) is 0 Å². The summed E-state index contributed by atoms with van der Waals surface area (Å²) in [5, 5.41) is 10.7. The van der Waals surface area contributed by atoms with Gasteiger partial charge in [0.25, 0.3) is 0 Å². The lowest BCUT2D eigenvalue weighted by molar-refractivity contribution is -0.119. The van der Waals surface area contributed by atoms with E-state index in [4.69, 9.17) is 0 Å². The minimum Gasteiger partial charge on any atom is -0.370 e. The SMILES string of the molecule is CCNc1nc(SCC(=O)NC(c2ccccc2)c2nccs2)nc2ccccc12. The number of carbonyl (C=O) groups is 1. The summed E-state index contributed by atoms with van der Waals surface area (Å²) >= 11 is 2.85. The number of para-hydroxylation sites is 1. The van der Waals surface area contributed by atoms with Gasteiger partial charge in [-0.3, -0.25) is 4.79 Å². The Balaban J connectivity index is 1.49. The van der Waals surface area contributed by atoms with Gasteiger partial charge in [-0.05, 0) is 24.6 Å². The molecule has 1 amide bonds. The summed E-state index contributed by atoms with van der Waals surface area (Å²) in [6, 6.07) is 17.5. The highest BCUT2D eigenvalue weighted by Crippen LogP contribution is 2.26. The molecule has 0 spiro atoms. The minimum atomic E-state index is -0.269. The molecule has 4 aromatic rings. The molecule has 0 aliphatic heterocycles. The van der Waals surface area contributed by atoms with Gasteiger partial charge in [-0.15, -0.1) is 11.3 Å². The summed E-state index contributed by atoms with van der Waals surface area (Å²) in [6.07, 6.45) is 1.75. The van der Waals surface area contributed by atoms with Crippen LogP contribution in [0.4, 0.5) is 5.82 Å². The number of hydrogen-bond donors (Lipinski definition) is 2. The van der Waals surface area contributed by atoms with Crippen molar-refractivity contribution in [2.24, 2.45) is 0 Å². The topological polar surface area (TPSA) is 79.8 Å². The van der Waals surface area contributed by atoms with Crippen LogP contribution in [0.25, 0.3) is 10.9 Å². The second kappa shape index (κ2) is 9.69. The Kier molecular flexibility index (Phi) is 6.56. The number of thiazole rings is 1. The van der Waals surface area contributed by atoms with Crippen molar-refractivity contribution in [2.45, 2.75) is 18.1 Å².